The van der Waals surface area contributed by atoms with Crippen LogP contribution in [0.25, 0.3) is 22.3 Å². The lowest BCUT2D eigenvalue weighted by Gasteiger charge is -2.21. The monoisotopic (exact) mass is 379 g/mol. The van der Waals surface area contributed by atoms with Gasteiger partial charge < -0.3 is 19.2 Å². The smallest absolute Gasteiger partial charge is 0.220 e. The van der Waals surface area contributed by atoms with Crippen molar-refractivity contribution in [3.63, 3.8) is 0 Å². The van der Waals surface area contributed by atoms with Crippen LogP contribution in [0.15, 0.2) is 24.7 Å². The summed E-state index contributed by atoms with van der Waals surface area (Å²) in [5.41, 5.74) is 3.89. The summed E-state index contributed by atoms with van der Waals surface area (Å²) < 4.78 is 10.7. The molecule has 1 saturated heterocycles. The molecule has 2 aromatic heterocycles. The van der Waals surface area contributed by atoms with Gasteiger partial charge in [0.05, 0.1) is 17.5 Å². The third-order valence-electron chi connectivity index (χ3n) is 5.96. The van der Waals surface area contributed by atoms with Gasteiger partial charge in [-0.05, 0) is 38.8 Å². The number of ether oxygens (including phenoxy) is 1. The maximum absolute atomic E-state index is 11.6. The van der Waals surface area contributed by atoms with E-state index in [9.17, 15) is 4.79 Å². The molecular weight excluding hydrogens is 354 g/mol. The lowest BCUT2D eigenvalue weighted by molar-refractivity contribution is -0.119. The summed E-state index contributed by atoms with van der Waals surface area (Å²) >= 11 is 0. The number of hydrogen-bond donors (Lipinski definition) is 1. The van der Waals surface area contributed by atoms with E-state index in [1.807, 2.05) is 38.0 Å². The second kappa shape index (κ2) is 6.36. The molecule has 0 radical (unpaired) electrons. The number of nitrogens with zero attached hydrogens (tertiary/aromatic N) is 4. The Labute approximate surface area is 163 Å². The minimum atomic E-state index is -0.0644. The van der Waals surface area contributed by atoms with Crippen molar-refractivity contribution < 1.29 is 9.53 Å². The average molecular weight is 379 g/mol. The van der Waals surface area contributed by atoms with Crippen LogP contribution >= 0.6 is 0 Å². The first kappa shape index (κ1) is 17.3. The Morgan fingerprint density at radius 2 is 2.14 bits per heavy atom. The molecule has 3 aromatic rings. The largest absolute Gasteiger partial charge is 0.488 e. The number of aryl methyl sites for hydroxylation is 2. The van der Waals surface area contributed by atoms with Gasteiger partial charge in [0.1, 0.15) is 23.2 Å². The van der Waals surface area contributed by atoms with Crippen LogP contribution in [0.2, 0.25) is 0 Å². The SMILES string of the molecule is Cc1nc(-c2cc(OC(C)C3CNC(=O)C3)c3c(c2)ncn3C2CC2)cn1C. The molecular formula is C21H25N5O2. The summed E-state index contributed by atoms with van der Waals surface area (Å²) in [6, 6.07) is 4.68. The van der Waals surface area contributed by atoms with Crippen molar-refractivity contribution in [1.29, 1.82) is 0 Å². The van der Waals surface area contributed by atoms with Crippen LogP contribution in [0.4, 0.5) is 0 Å². The summed E-state index contributed by atoms with van der Waals surface area (Å²) in [5.74, 6) is 2.07. The van der Waals surface area contributed by atoms with Crippen molar-refractivity contribution >= 4 is 16.9 Å². The number of benzene rings is 1. The van der Waals surface area contributed by atoms with E-state index >= 15 is 0 Å². The fourth-order valence-corrected chi connectivity index (χ4v) is 3.95. The summed E-state index contributed by atoms with van der Waals surface area (Å²) in [4.78, 5) is 20.9. The van der Waals surface area contributed by atoms with Crippen LogP contribution in [0, 0.1) is 12.8 Å². The maximum atomic E-state index is 11.6. The highest BCUT2D eigenvalue weighted by Crippen LogP contribution is 2.41. The minimum Gasteiger partial charge on any atom is -0.488 e. The van der Waals surface area contributed by atoms with Crippen LogP contribution in [0.1, 0.15) is 38.1 Å². The lowest BCUT2D eigenvalue weighted by Crippen LogP contribution is -2.25. The Hall–Kier alpha value is -2.83. The second-order valence-corrected chi connectivity index (χ2v) is 8.10. The summed E-state index contributed by atoms with van der Waals surface area (Å²) in [6.45, 7) is 4.71. The predicted octanol–water partition coefficient (Wildman–Crippen LogP) is 2.98. The zero-order valence-corrected chi connectivity index (χ0v) is 16.5. The molecule has 5 rings (SSSR count). The fourth-order valence-electron chi connectivity index (χ4n) is 3.95. The Morgan fingerprint density at radius 1 is 1.32 bits per heavy atom. The first-order chi connectivity index (χ1) is 13.5. The summed E-state index contributed by atoms with van der Waals surface area (Å²) in [6.07, 6.45) is 6.77. The van der Waals surface area contributed by atoms with Crippen LogP contribution in [0.5, 0.6) is 5.75 Å². The highest BCUT2D eigenvalue weighted by Gasteiger charge is 2.30. The molecule has 2 atom stereocenters. The second-order valence-electron chi connectivity index (χ2n) is 8.10. The molecule has 1 N–H and O–H groups in total. The Morgan fingerprint density at radius 3 is 2.79 bits per heavy atom. The first-order valence-corrected chi connectivity index (χ1v) is 9.94. The van der Waals surface area contributed by atoms with Crippen LogP contribution in [0.3, 0.4) is 0 Å². The molecule has 2 fully saturated rings. The topological polar surface area (TPSA) is 74.0 Å². The molecule has 3 heterocycles. The standard InChI is InChI=1S/C21H25N5O2/c1-12(15-8-20(27)22-9-15)28-19-7-14(18-10-25(3)13(2)24-18)6-17-21(19)26(11-23-17)16-4-5-16/h6-7,10-12,15-16H,4-5,8-9H2,1-3H3,(H,22,27). The van der Waals surface area contributed by atoms with E-state index in [2.05, 4.69) is 32.0 Å². The van der Waals surface area contributed by atoms with Crippen molar-refractivity contribution in [2.45, 2.75) is 45.3 Å². The van der Waals surface area contributed by atoms with Gasteiger partial charge in [-0.3, -0.25) is 4.79 Å². The van der Waals surface area contributed by atoms with Crippen molar-refractivity contribution in [3.05, 3.63) is 30.5 Å². The molecule has 2 unspecified atom stereocenters. The van der Waals surface area contributed by atoms with Crippen LogP contribution in [-0.2, 0) is 11.8 Å². The quantitative estimate of drug-likeness (QED) is 0.740. The van der Waals surface area contributed by atoms with Crippen LogP contribution < -0.4 is 10.1 Å². The van der Waals surface area contributed by atoms with E-state index in [4.69, 9.17) is 4.74 Å². The molecule has 7 heteroatoms. The van der Waals surface area contributed by atoms with E-state index in [1.165, 1.54) is 12.8 Å². The number of fused-ring (bicyclic) bond motifs is 1. The molecule has 0 bridgehead atoms. The Balaban J connectivity index is 1.57. The molecule has 1 saturated carbocycles. The summed E-state index contributed by atoms with van der Waals surface area (Å²) in [7, 11) is 2.00. The number of imidazole rings is 2. The maximum Gasteiger partial charge on any atom is 0.220 e. The number of nitrogens with one attached hydrogen (secondary N) is 1. The van der Waals surface area contributed by atoms with E-state index in [1.54, 1.807) is 0 Å². The van der Waals surface area contributed by atoms with Crippen molar-refractivity contribution in [2.75, 3.05) is 6.54 Å². The Kier molecular flexibility index (Phi) is 3.92. The van der Waals surface area contributed by atoms with Crippen molar-refractivity contribution in [2.24, 2.45) is 13.0 Å². The zero-order valence-electron chi connectivity index (χ0n) is 16.5. The average Bonchev–Trinajstić information content (AvgIpc) is 3.10. The van der Waals surface area contributed by atoms with Gasteiger partial charge in [0.15, 0.2) is 0 Å². The minimum absolute atomic E-state index is 0.0644. The highest BCUT2D eigenvalue weighted by molar-refractivity contribution is 5.87. The highest BCUT2D eigenvalue weighted by atomic mass is 16.5. The third-order valence-corrected chi connectivity index (χ3v) is 5.96. The van der Waals surface area contributed by atoms with Crippen molar-refractivity contribution in [1.82, 2.24) is 24.4 Å². The number of amides is 1. The number of carbonyl (C=O) groups is 1. The van der Waals surface area contributed by atoms with Crippen LogP contribution in [-0.4, -0.2) is 37.7 Å². The number of aromatic nitrogens is 4. The van der Waals surface area contributed by atoms with E-state index in [0.717, 1.165) is 33.9 Å². The van der Waals surface area contributed by atoms with Crippen molar-refractivity contribution in [3.8, 4) is 17.0 Å². The van der Waals surface area contributed by atoms with Gasteiger partial charge in [-0.15, -0.1) is 0 Å². The predicted molar refractivity (Wildman–Crippen MR) is 106 cm³/mol. The summed E-state index contributed by atoms with van der Waals surface area (Å²) in [5, 5.41) is 2.91. The first-order valence-electron chi connectivity index (χ1n) is 9.94. The third kappa shape index (κ3) is 2.95. The van der Waals surface area contributed by atoms with E-state index < -0.39 is 0 Å². The van der Waals surface area contributed by atoms with Gasteiger partial charge >= 0.3 is 0 Å². The van der Waals surface area contributed by atoms with Gasteiger partial charge in [0.2, 0.25) is 5.91 Å². The normalized spacial score (nSPS) is 20.5. The molecule has 1 aromatic carbocycles. The Bertz CT molecular complexity index is 1040. The molecule has 1 aliphatic heterocycles. The fraction of sp³-hybridized carbons (Fsp3) is 0.476. The molecule has 1 aliphatic carbocycles. The molecule has 1 amide bonds. The van der Waals surface area contributed by atoms with E-state index in [-0.39, 0.29) is 17.9 Å². The molecule has 28 heavy (non-hydrogen) atoms. The number of rotatable bonds is 5. The molecule has 0 spiro atoms. The van der Waals surface area contributed by atoms with E-state index in [0.29, 0.717) is 19.0 Å². The van der Waals surface area contributed by atoms with Gasteiger partial charge in [0.25, 0.3) is 0 Å². The van der Waals surface area contributed by atoms with Gasteiger partial charge in [0, 0.05) is 43.7 Å². The van der Waals surface area contributed by atoms with Gasteiger partial charge in [-0.2, -0.15) is 0 Å². The number of hydrogen-bond acceptors (Lipinski definition) is 4. The molecule has 146 valence electrons. The van der Waals surface area contributed by atoms with Gasteiger partial charge in [-0.1, -0.05) is 0 Å². The zero-order chi connectivity index (χ0) is 19.4. The molecule has 2 aliphatic rings. The number of carbonyl (C=O) groups excluding carboxylic acids is 1. The van der Waals surface area contributed by atoms with Gasteiger partial charge in [-0.25, -0.2) is 9.97 Å². The lowest BCUT2D eigenvalue weighted by atomic mass is 10.0. The molecule has 7 nitrogen and oxygen atoms in total.